The second-order valence-corrected chi connectivity index (χ2v) is 24.7. The van der Waals surface area contributed by atoms with Crippen molar-refractivity contribution in [3.05, 3.63) is 59.7 Å². The fraction of sp³-hybridized carbons (Fsp3) is 0.812. The van der Waals surface area contributed by atoms with Crippen LogP contribution in [-0.4, -0.2) is 63.7 Å². The molecule has 0 bridgehead atoms. The number of benzene rings is 2. The Balaban J connectivity index is 0.00000140. The summed E-state index contributed by atoms with van der Waals surface area (Å²) in [5, 5.41) is 0. The number of hydrogen-bond acceptors (Lipinski definition) is 6. The predicted octanol–water partition coefficient (Wildman–Crippen LogP) is 20.7. The van der Waals surface area contributed by atoms with Crippen LogP contribution in [0, 0.1) is 0 Å². The van der Waals surface area contributed by atoms with Gasteiger partial charge in [-0.15, -0.1) is 0 Å². The van der Waals surface area contributed by atoms with E-state index in [9.17, 15) is 25.9 Å². The van der Waals surface area contributed by atoms with Gasteiger partial charge in [0.2, 0.25) is 0 Å². The first-order chi connectivity index (χ1) is 35.1. The maximum Gasteiger partial charge on any atom is 2.00 e. The van der Waals surface area contributed by atoms with Gasteiger partial charge in [-0.2, -0.15) is 0 Å². The van der Waals surface area contributed by atoms with E-state index in [1.807, 2.05) is 12.1 Å². The maximum absolute atomic E-state index is 11.1. The molecular weight excluding hydrogens is 969 g/mol. The topological polar surface area (TPSA) is 114 Å². The monoisotopic (exact) mass is 1080 g/mol. The summed E-state index contributed by atoms with van der Waals surface area (Å²) in [5.41, 5.74) is 1.90. The Kier molecular flexibility index (Phi) is 53.2. The van der Waals surface area contributed by atoms with Crippen molar-refractivity contribution in [3.63, 3.8) is 0 Å². The SMILES string of the molecule is CCCCCCCCCCCCCCCCCCCCCCCCCCc1cccc(S(=O)(=O)[O-])c1.CCCCCCCCCCCCCCCCCCCCCCCCCCc1cccc(S(=O)(=O)[O-])c1.[Ca+2]. The molecule has 0 aromatic heterocycles. The van der Waals surface area contributed by atoms with E-state index < -0.39 is 20.2 Å². The number of aryl methyl sites for hydroxylation is 2. The molecule has 0 N–H and O–H groups in total. The van der Waals surface area contributed by atoms with Crippen LogP contribution < -0.4 is 0 Å². The van der Waals surface area contributed by atoms with Crippen LogP contribution in [0.2, 0.25) is 0 Å². The molecule has 0 saturated carbocycles. The van der Waals surface area contributed by atoms with E-state index >= 15 is 0 Å². The van der Waals surface area contributed by atoms with Crippen LogP contribution in [0.25, 0.3) is 0 Å². The normalized spacial score (nSPS) is 11.7. The first-order valence-electron chi connectivity index (χ1n) is 31.2. The molecule has 2 aromatic rings. The molecule has 2 aromatic carbocycles. The average Bonchev–Trinajstić information content (AvgIpc) is 3.36. The van der Waals surface area contributed by atoms with E-state index in [4.69, 9.17) is 0 Å². The molecule has 9 heteroatoms. The van der Waals surface area contributed by atoms with Gasteiger partial charge in [0, 0.05) is 0 Å². The summed E-state index contributed by atoms with van der Waals surface area (Å²) >= 11 is 0. The second kappa shape index (κ2) is 53.5. The quantitative estimate of drug-likeness (QED) is 0.0370. The Morgan fingerprint density at radius 1 is 0.274 bits per heavy atom. The third-order valence-corrected chi connectivity index (χ3v) is 16.7. The molecule has 0 radical (unpaired) electrons. The van der Waals surface area contributed by atoms with Gasteiger partial charge in [-0.05, 0) is 61.1 Å². The third kappa shape index (κ3) is 49.6. The molecule has 0 atom stereocenters. The van der Waals surface area contributed by atoms with Gasteiger partial charge in [0.1, 0.15) is 20.2 Å². The number of unbranched alkanes of at least 4 members (excludes halogenated alkanes) is 46. The van der Waals surface area contributed by atoms with Crippen molar-refractivity contribution in [1.82, 2.24) is 0 Å². The molecule has 0 spiro atoms. The van der Waals surface area contributed by atoms with Crippen LogP contribution in [0.1, 0.15) is 333 Å². The first kappa shape index (κ1) is 72.5. The van der Waals surface area contributed by atoms with Crippen LogP contribution in [0.4, 0.5) is 0 Å². The largest absolute Gasteiger partial charge is 2.00 e. The molecule has 420 valence electrons. The molecule has 0 aliphatic heterocycles. The van der Waals surface area contributed by atoms with Gasteiger partial charge < -0.3 is 9.11 Å². The van der Waals surface area contributed by atoms with Crippen molar-refractivity contribution in [1.29, 1.82) is 0 Å². The van der Waals surface area contributed by atoms with Crippen molar-refractivity contribution in [2.24, 2.45) is 0 Å². The van der Waals surface area contributed by atoms with Crippen molar-refractivity contribution < 1.29 is 25.9 Å². The zero-order chi connectivity index (χ0) is 52.3. The molecular formula is C64H114CaO6S2. The van der Waals surface area contributed by atoms with Gasteiger partial charge in [-0.25, -0.2) is 16.8 Å². The minimum absolute atomic E-state index is 0. The van der Waals surface area contributed by atoms with Crippen molar-refractivity contribution in [3.8, 4) is 0 Å². The fourth-order valence-corrected chi connectivity index (χ4v) is 11.4. The summed E-state index contributed by atoms with van der Waals surface area (Å²) in [6, 6.07) is 13.0. The van der Waals surface area contributed by atoms with Gasteiger partial charge in [0.15, 0.2) is 0 Å². The van der Waals surface area contributed by atoms with Crippen molar-refractivity contribution in [2.45, 2.75) is 345 Å². The Bertz CT molecular complexity index is 1560. The molecule has 0 heterocycles. The van der Waals surface area contributed by atoms with Gasteiger partial charge in [-0.3, -0.25) is 0 Å². The molecule has 0 amide bonds. The molecule has 73 heavy (non-hydrogen) atoms. The summed E-state index contributed by atoms with van der Waals surface area (Å²) < 4.78 is 66.7. The Morgan fingerprint density at radius 2 is 0.438 bits per heavy atom. The van der Waals surface area contributed by atoms with E-state index in [1.54, 1.807) is 12.1 Å². The van der Waals surface area contributed by atoms with Crippen molar-refractivity contribution >= 4 is 58.0 Å². The van der Waals surface area contributed by atoms with Gasteiger partial charge in [0.05, 0.1) is 9.79 Å². The molecule has 0 fully saturated rings. The molecule has 0 unspecified atom stereocenters. The number of hydrogen-bond donors (Lipinski definition) is 0. The van der Waals surface area contributed by atoms with E-state index in [1.165, 1.54) is 320 Å². The van der Waals surface area contributed by atoms with E-state index in [-0.39, 0.29) is 47.5 Å². The summed E-state index contributed by atoms with van der Waals surface area (Å²) in [6.07, 6.45) is 68.3. The Morgan fingerprint density at radius 3 is 0.603 bits per heavy atom. The van der Waals surface area contributed by atoms with Crippen molar-refractivity contribution in [2.75, 3.05) is 0 Å². The Hall–Kier alpha value is -0.480. The summed E-state index contributed by atoms with van der Waals surface area (Å²) in [5.74, 6) is 0. The molecule has 0 aliphatic rings. The Labute approximate surface area is 484 Å². The maximum atomic E-state index is 11.1. The second-order valence-electron chi connectivity index (χ2n) is 22.0. The minimum atomic E-state index is -4.34. The van der Waals surface area contributed by atoms with Gasteiger partial charge in [-0.1, -0.05) is 333 Å². The first-order valence-corrected chi connectivity index (χ1v) is 34.0. The average molecular weight is 1080 g/mol. The summed E-state index contributed by atoms with van der Waals surface area (Å²) in [4.78, 5) is -0.214. The fourth-order valence-electron chi connectivity index (χ4n) is 10.3. The van der Waals surface area contributed by atoms with E-state index in [0.717, 1.165) is 36.8 Å². The molecule has 2 rings (SSSR count). The summed E-state index contributed by atoms with van der Waals surface area (Å²) in [7, 11) is -8.69. The van der Waals surface area contributed by atoms with E-state index in [0.29, 0.717) is 0 Å². The van der Waals surface area contributed by atoms with Gasteiger partial charge in [0.25, 0.3) is 0 Å². The van der Waals surface area contributed by atoms with Crippen LogP contribution in [-0.2, 0) is 33.1 Å². The van der Waals surface area contributed by atoms with Crippen LogP contribution in [0.3, 0.4) is 0 Å². The molecule has 0 aliphatic carbocycles. The van der Waals surface area contributed by atoms with Gasteiger partial charge >= 0.3 is 37.7 Å². The smallest absolute Gasteiger partial charge is 0.744 e. The van der Waals surface area contributed by atoms with Crippen LogP contribution in [0.5, 0.6) is 0 Å². The summed E-state index contributed by atoms with van der Waals surface area (Å²) in [6.45, 7) is 4.58. The van der Waals surface area contributed by atoms with Crippen LogP contribution in [0.15, 0.2) is 58.3 Å². The standard InChI is InChI=1S/2C32H58O3S.Ca/c2*1-2-3-4-5-6-7-8-9-10-11-12-13-14-15-16-17-18-19-20-21-22-23-24-25-27-31-28-26-29-32(30-31)36(33,34)35;/h2*26,28-30H,2-25,27H2,1H3,(H,33,34,35);/q;;+2/p-2. The van der Waals surface area contributed by atoms with Crippen LogP contribution >= 0.6 is 0 Å². The molecule has 6 nitrogen and oxygen atoms in total. The zero-order valence-electron chi connectivity index (χ0n) is 47.9. The number of rotatable bonds is 52. The molecule has 0 saturated heterocycles. The zero-order valence-corrected chi connectivity index (χ0v) is 51.8. The van der Waals surface area contributed by atoms with E-state index in [2.05, 4.69) is 13.8 Å². The predicted molar refractivity (Wildman–Crippen MR) is 315 cm³/mol. The minimum Gasteiger partial charge on any atom is -0.744 e. The third-order valence-electron chi connectivity index (χ3n) is 15.0.